The van der Waals surface area contributed by atoms with E-state index in [1.807, 2.05) is 34.1 Å². The summed E-state index contributed by atoms with van der Waals surface area (Å²) < 4.78 is 0. The molecule has 32 heavy (non-hydrogen) atoms. The van der Waals surface area contributed by atoms with Crippen LogP contribution in [0.15, 0.2) is 42.6 Å². The molecule has 3 aromatic rings. The van der Waals surface area contributed by atoms with Crippen LogP contribution in [0.4, 0.5) is 0 Å². The molecule has 0 atom stereocenters. The summed E-state index contributed by atoms with van der Waals surface area (Å²) in [5.74, 6) is 0.149. The van der Waals surface area contributed by atoms with Crippen LogP contribution in [-0.4, -0.2) is 57.8 Å². The summed E-state index contributed by atoms with van der Waals surface area (Å²) >= 11 is 0. The van der Waals surface area contributed by atoms with Crippen molar-refractivity contribution in [2.75, 3.05) is 26.2 Å². The standard InChI is InChI=1S/C26H28N4O2/c1-18-9-10-23-21(16-18)25(20-7-2-3-8-22(20)28-23)26(32)30-14-12-29(13-15-30)24(31)17-19-6-4-5-11-27-19/h4-6,9-11,16H,2-3,7-8,12-15,17H2,1H3. The van der Waals surface area contributed by atoms with Gasteiger partial charge in [-0.25, -0.2) is 0 Å². The summed E-state index contributed by atoms with van der Waals surface area (Å²) in [6, 6.07) is 11.8. The Labute approximate surface area is 188 Å². The second kappa shape index (κ2) is 8.69. The Balaban J connectivity index is 1.36. The fourth-order valence-electron chi connectivity index (χ4n) is 4.87. The molecule has 1 fully saturated rings. The number of amides is 2. The van der Waals surface area contributed by atoms with E-state index in [1.54, 1.807) is 6.20 Å². The van der Waals surface area contributed by atoms with Crippen LogP contribution in [0.2, 0.25) is 0 Å². The molecule has 1 aromatic carbocycles. The number of carbonyl (C=O) groups excluding carboxylic acids is 2. The maximum absolute atomic E-state index is 13.7. The van der Waals surface area contributed by atoms with Crippen molar-refractivity contribution in [3.8, 4) is 0 Å². The normalized spacial score (nSPS) is 16.2. The Morgan fingerprint density at radius 1 is 0.969 bits per heavy atom. The molecular formula is C26H28N4O2. The number of hydrogen-bond donors (Lipinski definition) is 0. The maximum atomic E-state index is 13.7. The molecule has 0 bridgehead atoms. The summed E-state index contributed by atoms with van der Waals surface area (Å²) in [6.45, 7) is 4.27. The lowest BCUT2D eigenvalue weighted by molar-refractivity contribution is -0.132. The van der Waals surface area contributed by atoms with Crippen LogP contribution >= 0.6 is 0 Å². The number of nitrogens with zero attached hydrogens (tertiary/aromatic N) is 4. The van der Waals surface area contributed by atoms with E-state index < -0.39 is 0 Å². The molecule has 0 unspecified atom stereocenters. The molecule has 5 rings (SSSR count). The first-order valence-electron chi connectivity index (χ1n) is 11.5. The molecular weight excluding hydrogens is 400 g/mol. The molecule has 1 saturated heterocycles. The highest BCUT2D eigenvalue weighted by Gasteiger charge is 2.29. The van der Waals surface area contributed by atoms with Crippen LogP contribution in [0, 0.1) is 6.92 Å². The van der Waals surface area contributed by atoms with Crippen LogP contribution in [0.3, 0.4) is 0 Å². The molecule has 6 nitrogen and oxygen atoms in total. The summed E-state index contributed by atoms with van der Waals surface area (Å²) in [5, 5.41) is 0.962. The third-order valence-electron chi connectivity index (χ3n) is 6.61. The van der Waals surface area contributed by atoms with Gasteiger partial charge < -0.3 is 9.80 Å². The quantitative estimate of drug-likeness (QED) is 0.642. The van der Waals surface area contributed by atoms with Gasteiger partial charge in [0.25, 0.3) is 5.91 Å². The number of benzene rings is 1. The van der Waals surface area contributed by atoms with Crippen LogP contribution in [0.25, 0.3) is 10.9 Å². The summed E-state index contributed by atoms with van der Waals surface area (Å²) in [4.78, 5) is 39.4. The Hall–Kier alpha value is -3.28. The first-order chi connectivity index (χ1) is 15.6. The molecule has 164 valence electrons. The van der Waals surface area contributed by atoms with Crippen molar-refractivity contribution in [3.63, 3.8) is 0 Å². The van der Waals surface area contributed by atoms with Crippen molar-refractivity contribution in [1.82, 2.24) is 19.8 Å². The number of aromatic nitrogens is 2. The number of hydrogen-bond acceptors (Lipinski definition) is 4. The summed E-state index contributed by atoms with van der Waals surface area (Å²) in [6.07, 6.45) is 6.09. The highest BCUT2D eigenvalue weighted by molar-refractivity contribution is 6.08. The zero-order valence-corrected chi connectivity index (χ0v) is 18.5. The van der Waals surface area contributed by atoms with Crippen LogP contribution in [-0.2, 0) is 24.1 Å². The van der Waals surface area contributed by atoms with Gasteiger partial charge in [0.05, 0.1) is 17.5 Å². The molecule has 2 aromatic heterocycles. The third kappa shape index (κ3) is 3.97. The van der Waals surface area contributed by atoms with Gasteiger partial charge in [-0.1, -0.05) is 17.7 Å². The average molecular weight is 429 g/mol. The molecule has 0 saturated carbocycles. The molecule has 0 N–H and O–H groups in total. The van der Waals surface area contributed by atoms with E-state index in [1.165, 1.54) is 0 Å². The first kappa shape index (κ1) is 20.6. The monoisotopic (exact) mass is 428 g/mol. The van der Waals surface area contributed by atoms with E-state index in [2.05, 4.69) is 24.0 Å². The second-order valence-electron chi connectivity index (χ2n) is 8.81. The van der Waals surface area contributed by atoms with Gasteiger partial charge in [-0.15, -0.1) is 0 Å². The van der Waals surface area contributed by atoms with E-state index >= 15 is 0 Å². The highest BCUT2D eigenvalue weighted by atomic mass is 16.2. The van der Waals surface area contributed by atoms with Crippen molar-refractivity contribution in [3.05, 3.63) is 70.7 Å². The van der Waals surface area contributed by atoms with Crippen molar-refractivity contribution >= 4 is 22.7 Å². The van der Waals surface area contributed by atoms with Gasteiger partial charge in [-0.2, -0.15) is 0 Å². The van der Waals surface area contributed by atoms with E-state index in [9.17, 15) is 9.59 Å². The van der Waals surface area contributed by atoms with Gasteiger partial charge in [0.1, 0.15) is 0 Å². The minimum Gasteiger partial charge on any atom is -0.339 e. The van der Waals surface area contributed by atoms with E-state index in [4.69, 9.17) is 4.98 Å². The number of piperazine rings is 1. The van der Waals surface area contributed by atoms with Gasteiger partial charge in [-0.05, 0) is 62.4 Å². The highest BCUT2D eigenvalue weighted by Crippen LogP contribution is 2.31. The molecule has 1 aliphatic heterocycles. The number of pyridine rings is 2. The zero-order valence-electron chi connectivity index (χ0n) is 18.5. The Kier molecular flexibility index (Phi) is 5.60. The number of rotatable bonds is 3. The second-order valence-corrected chi connectivity index (χ2v) is 8.81. The fourth-order valence-corrected chi connectivity index (χ4v) is 4.87. The van der Waals surface area contributed by atoms with E-state index in [0.29, 0.717) is 32.6 Å². The minimum absolute atomic E-state index is 0.0677. The van der Waals surface area contributed by atoms with Crippen molar-refractivity contribution in [1.29, 1.82) is 0 Å². The van der Waals surface area contributed by atoms with E-state index in [0.717, 1.165) is 64.7 Å². The van der Waals surface area contributed by atoms with Gasteiger partial charge in [0, 0.05) is 49.1 Å². The zero-order chi connectivity index (χ0) is 22.1. The topological polar surface area (TPSA) is 66.4 Å². The lowest BCUT2D eigenvalue weighted by atomic mass is 9.89. The predicted octanol–water partition coefficient (Wildman–Crippen LogP) is 3.34. The third-order valence-corrected chi connectivity index (χ3v) is 6.61. The molecule has 2 amide bonds. The Bertz CT molecular complexity index is 1170. The average Bonchev–Trinajstić information content (AvgIpc) is 2.83. The van der Waals surface area contributed by atoms with Crippen LogP contribution in [0.5, 0.6) is 0 Å². The largest absolute Gasteiger partial charge is 0.339 e. The van der Waals surface area contributed by atoms with Crippen LogP contribution in [0.1, 0.15) is 45.7 Å². The number of carbonyl (C=O) groups is 2. The SMILES string of the molecule is Cc1ccc2nc3c(c(C(=O)N4CCN(C(=O)Cc5ccccn5)CC4)c2c1)CCCC3. The first-order valence-corrected chi connectivity index (χ1v) is 11.5. The molecule has 0 radical (unpaired) electrons. The van der Waals surface area contributed by atoms with Gasteiger partial charge in [0.2, 0.25) is 5.91 Å². The maximum Gasteiger partial charge on any atom is 0.255 e. The van der Waals surface area contributed by atoms with Crippen molar-refractivity contribution in [2.24, 2.45) is 0 Å². The van der Waals surface area contributed by atoms with Gasteiger partial charge in [-0.3, -0.25) is 19.6 Å². The van der Waals surface area contributed by atoms with Crippen LogP contribution < -0.4 is 0 Å². The lowest BCUT2D eigenvalue weighted by Gasteiger charge is -2.35. The predicted molar refractivity (Wildman–Crippen MR) is 124 cm³/mol. The molecule has 1 aliphatic carbocycles. The molecule has 2 aliphatic rings. The molecule has 3 heterocycles. The smallest absolute Gasteiger partial charge is 0.255 e. The van der Waals surface area contributed by atoms with Gasteiger partial charge in [0.15, 0.2) is 0 Å². The van der Waals surface area contributed by atoms with Gasteiger partial charge >= 0.3 is 0 Å². The molecule has 6 heteroatoms. The lowest BCUT2D eigenvalue weighted by Crippen LogP contribution is -2.51. The van der Waals surface area contributed by atoms with Crippen molar-refractivity contribution in [2.45, 2.75) is 39.0 Å². The summed E-state index contributed by atoms with van der Waals surface area (Å²) in [7, 11) is 0. The number of aryl methyl sites for hydroxylation is 2. The van der Waals surface area contributed by atoms with Crippen molar-refractivity contribution < 1.29 is 9.59 Å². The number of fused-ring (bicyclic) bond motifs is 2. The Morgan fingerprint density at radius 2 is 1.75 bits per heavy atom. The molecule has 0 spiro atoms. The van der Waals surface area contributed by atoms with E-state index in [-0.39, 0.29) is 11.8 Å². The fraction of sp³-hybridized carbons (Fsp3) is 0.385. The summed E-state index contributed by atoms with van der Waals surface area (Å²) in [5.41, 5.74) is 5.87. The Morgan fingerprint density at radius 3 is 2.53 bits per heavy atom. The minimum atomic E-state index is 0.0677.